The van der Waals surface area contributed by atoms with Crippen molar-refractivity contribution in [3.8, 4) is 17.2 Å². The molecule has 0 radical (unpaired) electrons. The van der Waals surface area contributed by atoms with E-state index in [1.54, 1.807) is 17.0 Å². The Morgan fingerprint density at radius 3 is 2.49 bits per heavy atom. The smallest absolute Gasteiger partial charge is 0.416 e. The highest BCUT2D eigenvalue weighted by Gasteiger charge is 2.35. The molecule has 1 heterocycles. The van der Waals surface area contributed by atoms with Crippen LogP contribution in [0, 0.1) is 11.3 Å². The number of piperidine rings is 1. The molecule has 0 amide bonds. The molecule has 4 rings (SSSR count). The Balaban J connectivity index is 1.76. The number of nitrogens with zero attached hydrogens (tertiary/aromatic N) is 2. The van der Waals surface area contributed by atoms with E-state index in [4.69, 9.17) is 4.74 Å². The van der Waals surface area contributed by atoms with E-state index in [0.717, 1.165) is 24.5 Å². The van der Waals surface area contributed by atoms with Gasteiger partial charge in [0, 0.05) is 19.2 Å². The van der Waals surface area contributed by atoms with Gasteiger partial charge in [-0.3, -0.25) is 9.69 Å². The molecule has 3 aromatic carbocycles. The SMILES string of the molecule is COCc1cc(C=Cc2cccc(-c3ccccc3)c2C#N)c(C(F)(F)F)cc1CN1CCCCC1C(=O)O. The van der Waals surface area contributed by atoms with E-state index in [1.165, 1.54) is 25.3 Å². The Kier molecular flexibility index (Phi) is 8.85. The quantitative estimate of drug-likeness (QED) is 0.315. The predicted molar refractivity (Wildman–Crippen MR) is 143 cm³/mol. The van der Waals surface area contributed by atoms with Crippen molar-refractivity contribution in [1.29, 1.82) is 5.26 Å². The summed E-state index contributed by atoms with van der Waals surface area (Å²) < 4.78 is 48.1. The number of alkyl halides is 3. The number of ether oxygens (including phenoxy) is 1. The van der Waals surface area contributed by atoms with Gasteiger partial charge in [0.05, 0.1) is 17.7 Å². The summed E-state index contributed by atoms with van der Waals surface area (Å²) in [5.74, 6) is -0.968. The van der Waals surface area contributed by atoms with Gasteiger partial charge in [-0.05, 0) is 59.3 Å². The molecule has 0 aromatic heterocycles. The Hall–Kier alpha value is -3.93. The first kappa shape index (κ1) is 28.1. The van der Waals surface area contributed by atoms with Crippen LogP contribution in [0.1, 0.15) is 52.6 Å². The number of nitriles is 1. The van der Waals surface area contributed by atoms with Gasteiger partial charge in [0.25, 0.3) is 0 Å². The van der Waals surface area contributed by atoms with Crippen molar-refractivity contribution in [2.75, 3.05) is 13.7 Å². The summed E-state index contributed by atoms with van der Waals surface area (Å²) in [5, 5.41) is 19.5. The Morgan fingerprint density at radius 2 is 1.82 bits per heavy atom. The van der Waals surface area contributed by atoms with E-state index in [1.807, 2.05) is 36.4 Å². The number of benzene rings is 3. The topological polar surface area (TPSA) is 73.6 Å². The van der Waals surface area contributed by atoms with Crippen LogP contribution in [0.25, 0.3) is 23.3 Å². The van der Waals surface area contributed by atoms with Crippen LogP contribution < -0.4 is 0 Å². The van der Waals surface area contributed by atoms with Crippen LogP contribution in [0.2, 0.25) is 0 Å². The predicted octanol–water partition coefficient (Wildman–Crippen LogP) is 7.00. The molecule has 202 valence electrons. The second-order valence-corrected chi connectivity index (χ2v) is 9.54. The van der Waals surface area contributed by atoms with Gasteiger partial charge >= 0.3 is 12.1 Å². The maximum Gasteiger partial charge on any atom is 0.416 e. The maximum atomic E-state index is 14.3. The molecule has 0 spiro atoms. The third kappa shape index (κ3) is 6.56. The highest BCUT2D eigenvalue weighted by Crippen LogP contribution is 2.36. The number of hydrogen-bond acceptors (Lipinski definition) is 4. The van der Waals surface area contributed by atoms with Gasteiger partial charge in [0.1, 0.15) is 12.1 Å². The van der Waals surface area contributed by atoms with E-state index < -0.39 is 23.8 Å². The molecule has 0 aliphatic carbocycles. The molecular formula is C31H29F3N2O3. The number of hydrogen-bond donors (Lipinski definition) is 1. The minimum absolute atomic E-state index is 0.0549. The second kappa shape index (κ2) is 12.3. The zero-order valence-corrected chi connectivity index (χ0v) is 21.5. The number of carbonyl (C=O) groups is 1. The fourth-order valence-corrected chi connectivity index (χ4v) is 5.08. The van der Waals surface area contributed by atoms with Crippen LogP contribution in [0.4, 0.5) is 13.2 Å². The van der Waals surface area contributed by atoms with Crippen molar-refractivity contribution in [1.82, 2.24) is 4.90 Å². The molecule has 0 saturated carbocycles. The standard InChI is InChI=1S/C31H29F3N2O3/c1-39-20-25-16-23(14-13-22-10-7-11-26(27(22)18-35)21-8-3-2-4-9-21)28(31(32,33)34)17-24(25)19-36-15-6-5-12-29(36)30(37)38/h2-4,7-11,13-14,16-17,29H,5-6,12,15,19-20H2,1H3,(H,37,38). The number of rotatable bonds is 8. The average Bonchev–Trinajstić information content (AvgIpc) is 2.92. The largest absolute Gasteiger partial charge is 0.480 e. The molecule has 1 fully saturated rings. The van der Waals surface area contributed by atoms with Crippen LogP contribution in [-0.4, -0.2) is 35.7 Å². The average molecular weight is 535 g/mol. The van der Waals surface area contributed by atoms with Gasteiger partial charge in [-0.25, -0.2) is 0 Å². The highest BCUT2D eigenvalue weighted by molar-refractivity contribution is 5.81. The number of likely N-dealkylation sites (tertiary alicyclic amines) is 1. The van der Waals surface area contributed by atoms with Crippen LogP contribution in [0.15, 0.2) is 60.7 Å². The molecule has 1 N–H and O–H groups in total. The fraction of sp³-hybridized carbons (Fsp3) is 0.290. The van der Waals surface area contributed by atoms with E-state index in [2.05, 4.69) is 6.07 Å². The van der Waals surface area contributed by atoms with Gasteiger partial charge in [-0.15, -0.1) is 0 Å². The van der Waals surface area contributed by atoms with Crippen molar-refractivity contribution in [2.24, 2.45) is 0 Å². The summed E-state index contributed by atoms with van der Waals surface area (Å²) >= 11 is 0. The first-order valence-corrected chi connectivity index (χ1v) is 12.7. The van der Waals surface area contributed by atoms with Crippen molar-refractivity contribution in [2.45, 2.75) is 44.6 Å². The molecule has 3 aromatic rings. The lowest BCUT2D eigenvalue weighted by molar-refractivity contribution is -0.145. The molecule has 5 nitrogen and oxygen atoms in total. The Morgan fingerprint density at radius 1 is 1.08 bits per heavy atom. The molecular weight excluding hydrogens is 505 g/mol. The van der Waals surface area contributed by atoms with Crippen LogP contribution in [0.5, 0.6) is 0 Å². The molecule has 1 aliphatic rings. The summed E-state index contributed by atoms with van der Waals surface area (Å²) in [6, 6.07) is 18.6. The van der Waals surface area contributed by atoms with E-state index in [9.17, 15) is 28.3 Å². The zero-order chi connectivity index (χ0) is 28.0. The summed E-state index contributed by atoms with van der Waals surface area (Å²) in [4.78, 5) is 13.5. The van der Waals surface area contributed by atoms with E-state index >= 15 is 0 Å². The molecule has 1 unspecified atom stereocenters. The summed E-state index contributed by atoms with van der Waals surface area (Å²) in [6.45, 7) is 0.661. The molecule has 0 bridgehead atoms. The molecule has 1 saturated heterocycles. The lowest BCUT2D eigenvalue weighted by Crippen LogP contribution is -2.44. The number of carboxylic acids is 1. The molecule has 1 aliphatic heterocycles. The lowest BCUT2D eigenvalue weighted by Gasteiger charge is -2.33. The monoisotopic (exact) mass is 534 g/mol. The molecule has 8 heteroatoms. The van der Waals surface area contributed by atoms with Gasteiger partial charge in [0.15, 0.2) is 0 Å². The molecule has 39 heavy (non-hydrogen) atoms. The van der Waals surface area contributed by atoms with Gasteiger partial charge in [-0.2, -0.15) is 18.4 Å². The third-order valence-electron chi connectivity index (χ3n) is 6.98. The summed E-state index contributed by atoms with van der Waals surface area (Å²) in [6.07, 6.45) is 0.281. The van der Waals surface area contributed by atoms with Crippen LogP contribution in [-0.2, 0) is 28.9 Å². The minimum atomic E-state index is -4.64. The van der Waals surface area contributed by atoms with Crippen molar-refractivity contribution in [3.63, 3.8) is 0 Å². The van der Waals surface area contributed by atoms with Gasteiger partial charge in [-0.1, -0.05) is 67.1 Å². The van der Waals surface area contributed by atoms with Crippen LogP contribution in [0.3, 0.4) is 0 Å². The number of aliphatic carboxylic acids is 1. The minimum Gasteiger partial charge on any atom is -0.480 e. The normalized spacial score (nSPS) is 16.3. The van der Waals surface area contributed by atoms with E-state index in [0.29, 0.717) is 40.8 Å². The lowest BCUT2D eigenvalue weighted by atomic mass is 9.93. The van der Waals surface area contributed by atoms with Gasteiger partial charge < -0.3 is 9.84 Å². The Labute approximate surface area is 225 Å². The van der Waals surface area contributed by atoms with Crippen LogP contribution >= 0.6 is 0 Å². The van der Waals surface area contributed by atoms with Gasteiger partial charge in [0.2, 0.25) is 0 Å². The Bertz CT molecular complexity index is 1390. The fourth-order valence-electron chi connectivity index (χ4n) is 5.08. The number of halogens is 3. The second-order valence-electron chi connectivity index (χ2n) is 9.54. The van der Waals surface area contributed by atoms with Crippen molar-refractivity contribution >= 4 is 18.1 Å². The van der Waals surface area contributed by atoms with E-state index in [-0.39, 0.29) is 18.7 Å². The first-order chi connectivity index (χ1) is 18.7. The first-order valence-electron chi connectivity index (χ1n) is 12.7. The zero-order valence-electron chi connectivity index (χ0n) is 21.5. The summed E-state index contributed by atoms with van der Waals surface area (Å²) in [5.41, 5.74) is 2.47. The number of methoxy groups -OCH3 is 1. The third-order valence-corrected chi connectivity index (χ3v) is 6.98. The molecule has 1 atom stereocenters. The highest BCUT2D eigenvalue weighted by atomic mass is 19.4. The van der Waals surface area contributed by atoms with Crippen molar-refractivity contribution < 1.29 is 27.8 Å². The number of carboxylic acid groups (broad SMARTS) is 1. The maximum absolute atomic E-state index is 14.3. The summed E-state index contributed by atoms with van der Waals surface area (Å²) in [7, 11) is 1.46. The van der Waals surface area contributed by atoms with Crippen molar-refractivity contribution in [3.05, 3.63) is 94.0 Å².